The fourth-order valence-electron chi connectivity index (χ4n) is 5.48. The van der Waals surface area contributed by atoms with E-state index in [1.807, 2.05) is 32.9 Å². The molecule has 0 unspecified atom stereocenters. The number of benzene rings is 2. The molecule has 0 spiro atoms. The molecule has 5 rings (SSSR count). The molecule has 0 atom stereocenters. The minimum absolute atomic E-state index is 0.0537. The van der Waals surface area contributed by atoms with Crippen molar-refractivity contribution in [3.05, 3.63) is 65.3 Å². The van der Waals surface area contributed by atoms with Gasteiger partial charge in [0, 0.05) is 41.9 Å². The summed E-state index contributed by atoms with van der Waals surface area (Å²) in [6.45, 7) is 5.84. The van der Waals surface area contributed by atoms with Crippen LogP contribution in [0.5, 0.6) is 5.88 Å². The Balaban J connectivity index is 1.33. The number of carbonyl (C=O) groups is 1. The highest BCUT2D eigenvalue weighted by molar-refractivity contribution is 7.92. The number of fused-ring (bicyclic) bond motifs is 1. The van der Waals surface area contributed by atoms with Gasteiger partial charge >= 0.3 is 6.09 Å². The van der Waals surface area contributed by atoms with E-state index in [9.17, 15) is 13.2 Å². The van der Waals surface area contributed by atoms with Gasteiger partial charge in [0.15, 0.2) is 0 Å². The second kappa shape index (κ2) is 14.3. The van der Waals surface area contributed by atoms with Crippen LogP contribution in [-0.2, 0) is 26.1 Å². The highest BCUT2D eigenvalue weighted by Crippen LogP contribution is 2.34. The first-order valence-corrected chi connectivity index (χ1v) is 17.1. The maximum atomic E-state index is 13.0. The van der Waals surface area contributed by atoms with Gasteiger partial charge in [-0.1, -0.05) is 23.7 Å². The maximum absolute atomic E-state index is 13.0. The lowest BCUT2D eigenvalue weighted by atomic mass is 9.91. The van der Waals surface area contributed by atoms with Gasteiger partial charge in [0.2, 0.25) is 11.8 Å². The number of nitrogens with zero attached hydrogens (tertiary/aromatic N) is 3. The zero-order valence-corrected chi connectivity index (χ0v) is 28.5. The number of pyridine rings is 1. The summed E-state index contributed by atoms with van der Waals surface area (Å²) in [6.07, 6.45) is 4.71. The third-order valence-electron chi connectivity index (χ3n) is 7.57. The molecule has 2 aromatic heterocycles. The number of amides is 1. The lowest BCUT2D eigenvalue weighted by Crippen LogP contribution is -2.42. The van der Waals surface area contributed by atoms with Gasteiger partial charge < -0.3 is 24.8 Å². The van der Waals surface area contributed by atoms with Crippen LogP contribution in [0.1, 0.15) is 52.0 Å². The molecule has 1 amide bonds. The molecule has 47 heavy (non-hydrogen) atoms. The summed E-state index contributed by atoms with van der Waals surface area (Å²) in [7, 11) is -0.893. The zero-order valence-electron chi connectivity index (χ0n) is 27.0. The van der Waals surface area contributed by atoms with Gasteiger partial charge in [-0.3, -0.25) is 4.72 Å². The predicted octanol–water partition coefficient (Wildman–Crippen LogP) is 6.55. The summed E-state index contributed by atoms with van der Waals surface area (Å²) in [5.41, 5.74) is 2.46. The standard InChI is InChI=1S/C33H39ClN6O6S/c1-33(2,3)46-32(41)37-24-12-10-23(11-13-24)36-31-35-18-21-16-20(17-22(19-44-4)29(21)39-31)25-14-15-28(38-30(25)45-5)40-47(42,43)27-9-7-6-8-26(27)34/h6-9,14-18,23-24H,10-13,19H2,1-5H3,(H,37,41)(H,38,40)(H,35,36,39). The van der Waals surface area contributed by atoms with E-state index in [4.69, 9.17) is 30.8 Å². The van der Waals surface area contributed by atoms with Crippen molar-refractivity contribution in [1.82, 2.24) is 20.3 Å². The number of aromatic nitrogens is 3. The fourth-order valence-corrected chi connectivity index (χ4v) is 7.00. The lowest BCUT2D eigenvalue weighted by Gasteiger charge is -2.30. The second-order valence-corrected chi connectivity index (χ2v) is 14.4. The van der Waals surface area contributed by atoms with E-state index in [-0.39, 0.29) is 39.8 Å². The first-order chi connectivity index (χ1) is 22.3. The van der Waals surface area contributed by atoms with E-state index in [2.05, 4.69) is 25.3 Å². The topological polar surface area (TPSA) is 154 Å². The molecule has 12 nitrogen and oxygen atoms in total. The molecule has 250 valence electrons. The molecule has 2 aromatic carbocycles. The fraction of sp³-hybridized carbons (Fsp3) is 0.394. The predicted molar refractivity (Wildman–Crippen MR) is 181 cm³/mol. The highest BCUT2D eigenvalue weighted by atomic mass is 35.5. The SMILES string of the molecule is COCc1cc(-c2ccc(NS(=O)(=O)c3ccccc3Cl)nc2OC)cc2cnc(NC3CCC(NC(=O)OC(C)(C)C)CC3)nc12. The summed E-state index contributed by atoms with van der Waals surface area (Å²) in [6, 6.07) is 13.6. The smallest absolute Gasteiger partial charge is 0.407 e. The Labute approximate surface area is 279 Å². The molecule has 1 aliphatic carbocycles. The number of alkyl carbamates (subject to hydrolysis) is 1. The number of rotatable bonds is 10. The van der Waals surface area contributed by atoms with Crippen molar-refractivity contribution in [3.8, 4) is 17.0 Å². The quantitative estimate of drug-likeness (QED) is 0.168. The van der Waals surface area contributed by atoms with Gasteiger partial charge in [-0.2, -0.15) is 4.98 Å². The number of ether oxygens (including phenoxy) is 3. The molecular weight excluding hydrogens is 644 g/mol. The van der Waals surface area contributed by atoms with Gasteiger partial charge in [0.05, 0.1) is 24.3 Å². The molecule has 1 aliphatic rings. The van der Waals surface area contributed by atoms with Crippen molar-refractivity contribution in [1.29, 1.82) is 0 Å². The molecule has 0 aliphatic heterocycles. The minimum atomic E-state index is -3.98. The first-order valence-electron chi connectivity index (χ1n) is 15.2. The highest BCUT2D eigenvalue weighted by Gasteiger charge is 2.26. The van der Waals surface area contributed by atoms with Crippen molar-refractivity contribution in [3.63, 3.8) is 0 Å². The summed E-state index contributed by atoms with van der Waals surface area (Å²) in [4.78, 5) is 26.0. The van der Waals surface area contributed by atoms with E-state index in [1.54, 1.807) is 37.6 Å². The third kappa shape index (κ3) is 8.59. The van der Waals surface area contributed by atoms with E-state index in [0.717, 1.165) is 47.7 Å². The second-order valence-electron chi connectivity index (χ2n) is 12.3. The number of halogens is 1. The van der Waals surface area contributed by atoms with Crippen molar-refractivity contribution < 1.29 is 27.4 Å². The summed E-state index contributed by atoms with van der Waals surface area (Å²) < 4.78 is 44.9. The third-order valence-corrected chi connectivity index (χ3v) is 9.43. The zero-order chi connectivity index (χ0) is 33.8. The van der Waals surface area contributed by atoms with Crippen molar-refractivity contribution >= 4 is 50.4 Å². The number of anilines is 2. The molecule has 0 bridgehead atoms. The Morgan fingerprint density at radius 1 is 1.00 bits per heavy atom. The van der Waals surface area contributed by atoms with Crippen molar-refractivity contribution in [2.45, 2.75) is 75.6 Å². The molecule has 2 heterocycles. The average Bonchev–Trinajstić information content (AvgIpc) is 3.01. The Kier molecular flexibility index (Phi) is 10.4. The van der Waals surface area contributed by atoms with E-state index < -0.39 is 15.6 Å². The molecular formula is C33H39ClN6O6S. The van der Waals surface area contributed by atoms with Crippen LogP contribution in [0.3, 0.4) is 0 Å². The van der Waals surface area contributed by atoms with Crippen LogP contribution in [-0.4, -0.2) is 61.4 Å². The molecule has 14 heteroatoms. The van der Waals surface area contributed by atoms with Crippen LogP contribution < -0.4 is 20.1 Å². The molecule has 1 saturated carbocycles. The molecule has 1 fully saturated rings. The number of hydrogen-bond donors (Lipinski definition) is 3. The monoisotopic (exact) mass is 682 g/mol. The molecule has 4 aromatic rings. The Morgan fingerprint density at radius 2 is 1.72 bits per heavy atom. The van der Waals surface area contributed by atoms with Gasteiger partial charge in [-0.05, 0) is 88.4 Å². The lowest BCUT2D eigenvalue weighted by molar-refractivity contribution is 0.0492. The van der Waals surface area contributed by atoms with Crippen LogP contribution in [0.25, 0.3) is 22.0 Å². The number of nitrogens with one attached hydrogen (secondary N) is 3. The van der Waals surface area contributed by atoms with Crippen LogP contribution in [0.2, 0.25) is 5.02 Å². The Hall–Kier alpha value is -4.20. The summed E-state index contributed by atoms with van der Waals surface area (Å²) in [5, 5.41) is 7.32. The number of carbonyl (C=O) groups excluding carboxylic acids is 1. The number of sulfonamides is 1. The van der Waals surface area contributed by atoms with Crippen molar-refractivity contribution in [2.75, 3.05) is 24.3 Å². The molecule has 3 N–H and O–H groups in total. The first kappa shape index (κ1) is 34.1. The molecule has 0 radical (unpaired) electrons. The van der Waals surface area contributed by atoms with E-state index in [1.165, 1.54) is 19.2 Å². The summed E-state index contributed by atoms with van der Waals surface area (Å²) >= 11 is 6.12. The van der Waals surface area contributed by atoms with Crippen LogP contribution >= 0.6 is 11.6 Å². The van der Waals surface area contributed by atoms with Crippen molar-refractivity contribution in [2.24, 2.45) is 0 Å². The normalized spacial score (nSPS) is 16.8. The number of methoxy groups -OCH3 is 2. The van der Waals surface area contributed by atoms with Crippen LogP contribution in [0, 0.1) is 0 Å². The number of hydrogen-bond acceptors (Lipinski definition) is 10. The maximum Gasteiger partial charge on any atom is 0.407 e. The largest absolute Gasteiger partial charge is 0.480 e. The van der Waals surface area contributed by atoms with Gasteiger partial charge in [-0.25, -0.2) is 23.2 Å². The average molecular weight is 683 g/mol. The van der Waals surface area contributed by atoms with Crippen LogP contribution in [0.4, 0.5) is 16.6 Å². The Bertz CT molecular complexity index is 1860. The van der Waals surface area contributed by atoms with Gasteiger partial charge in [0.1, 0.15) is 16.3 Å². The van der Waals surface area contributed by atoms with E-state index >= 15 is 0 Å². The molecule has 0 saturated heterocycles. The van der Waals surface area contributed by atoms with Gasteiger partial charge in [0.25, 0.3) is 10.0 Å². The summed E-state index contributed by atoms with van der Waals surface area (Å²) in [5.74, 6) is 0.820. The Morgan fingerprint density at radius 3 is 2.40 bits per heavy atom. The van der Waals surface area contributed by atoms with Crippen LogP contribution in [0.15, 0.2) is 59.6 Å². The van der Waals surface area contributed by atoms with E-state index in [0.29, 0.717) is 18.1 Å². The van der Waals surface area contributed by atoms with Gasteiger partial charge in [-0.15, -0.1) is 0 Å². The minimum Gasteiger partial charge on any atom is -0.480 e.